The molecule has 1 atom stereocenters. The minimum Gasteiger partial charge on any atom is -0.152 e. The van der Waals surface area contributed by atoms with Crippen LogP contribution >= 0.6 is 22.9 Å². The van der Waals surface area contributed by atoms with Crippen LogP contribution in [0.4, 0.5) is 0 Å². The Balaban J connectivity index is 2.12. The summed E-state index contributed by atoms with van der Waals surface area (Å²) in [6.45, 7) is 0. The van der Waals surface area contributed by atoms with E-state index in [2.05, 4.69) is 41.1 Å². The molecule has 1 heterocycles. The predicted octanol–water partition coefficient (Wildman–Crippen LogP) is 4.31. The second kappa shape index (κ2) is 5.34. The summed E-state index contributed by atoms with van der Waals surface area (Å²) < 4.78 is 0. The first-order valence-electron chi connectivity index (χ1n) is 5.02. The highest BCUT2D eigenvalue weighted by atomic mass is 35.5. The fourth-order valence-corrected chi connectivity index (χ4v) is 2.65. The van der Waals surface area contributed by atoms with Gasteiger partial charge < -0.3 is 0 Å². The second-order valence-corrected chi connectivity index (χ2v) is 4.69. The molecule has 1 aromatic heterocycles. The summed E-state index contributed by atoms with van der Waals surface area (Å²) in [6, 6.07) is 12.7. The molecule has 0 bridgehead atoms. The van der Waals surface area contributed by atoms with Crippen molar-refractivity contribution in [3.05, 3.63) is 58.3 Å². The van der Waals surface area contributed by atoms with Crippen LogP contribution in [0.1, 0.15) is 17.0 Å². The molecule has 2 rings (SSSR count). The fourth-order valence-electron chi connectivity index (χ4n) is 1.68. The molecule has 0 fully saturated rings. The Kier molecular flexibility index (Phi) is 3.81. The lowest BCUT2D eigenvalue weighted by molar-refractivity contribution is 0.768. The normalized spacial score (nSPS) is 12.6. The Bertz CT molecular complexity index is 380. The maximum absolute atomic E-state index is 6.02. The van der Waals surface area contributed by atoms with Crippen molar-refractivity contribution in [2.75, 3.05) is 5.88 Å². The first-order chi connectivity index (χ1) is 7.40. The summed E-state index contributed by atoms with van der Waals surface area (Å²) >= 11 is 7.77. The van der Waals surface area contributed by atoms with Crippen LogP contribution in [-0.4, -0.2) is 5.88 Å². The van der Waals surface area contributed by atoms with Gasteiger partial charge in [0, 0.05) is 11.8 Å². The van der Waals surface area contributed by atoms with Crippen LogP contribution in [0.2, 0.25) is 0 Å². The summed E-state index contributed by atoms with van der Waals surface area (Å²) in [7, 11) is 0. The van der Waals surface area contributed by atoms with E-state index in [1.807, 2.05) is 6.07 Å². The van der Waals surface area contributed by atoms with Gasteiger partial charge in [0.1, 0.15) is 0 Å². The first kappa shape index (κ1) is 10.7. The number of thiophene rings is 1. The van der Waals surface area contributed by atoms with E-state index in [-0.39, 0.29) is 0 Å². The van der Waals surface area contributed by atoms with E-state index >= 15 is 0 Å². The van der Waals surface area contributed by atoms with Gasteiger partial charge in [-0.15, -0.1) is 11.6 Å². The molecule has 0 aliphatic rings. The Labute approximate surface area is 99.5 Å². The highest BCUT2D eigenvalue weighted by molar-refractivity contribution is 7.07. The van der Waals surface area contributed by atoms with Crippen molar-refractivity contribution < 1.29 is 0 Å². The Morgan fingerprint density at radius 3 is 2.53 bits per heavy atom. The maximum Gasteiger partial charge on any atom is 0.0295 e. The van der Waals surface area contributed by atoms with Crippen molar-refractivity contribution in [3.63, 3.8) is 0 Å². The van der Waals surface area contributed by atoms with E-state index in [1.54, 1.807) is 11.3 Å². The molecule has 1 aromatic carbocycles. The summed E-state index contributed by atoms with van der Waals surface area (Å²) in [5, 5.41) is 4.31. The smallest absolute Gasteiger partial charge is 0.0295 e. The number of hydrogen-bond donors (Lipinski definition) is 0. The van der Waals surface area contributed by atoms with Crippen molar-refractivity contribution in [2.24, 2.45) is 0 Å². The first-order valence-corrected chi connectivity index (χ1v) is 6.50. The fraction of sp³-hybridized carbons (Fsp3) is 0.231. The molecule has 0 N–H and O–H groups in total. The van der Waals surface area contributed by atoms with Crippen LogP contribution < -0.4 is 0 Å². The SMILES string of the molecule is ClCC(Cc1ccsc1)c1ccccc1. The molecule has 0 radical (unpaired) electrons. The lowest BCUT2D eigenvalue weighted by atomic mass is 9.95. The van der Waals surface area contributed by atoms with E-state index in [9.17, 15) is 0 Å². The van der Waals surface area contributed by atoms with E-state index < -0.39 is 0 Å². The topological polar surface area (TPSA) is 0 Å². The lowest BCUT2D eigenvalue weighted by Gasteiger charge is -2.13. The monoisotopic (exact) mass is 236 g/mol. The quantitative estimate of drug-likeness (QED) is 0.694. The molecule has 0 saturated heterocycles. The van der Waals surface area contributed by atoms with Gasteiger partial charge in [-0.3, -0.25) is 0 Å². The van der Waals surface area contributed by atoms with Crippen LogP contribution in [0.15, 0.2) is 47.2 Å². The molecule has 78 valence electrons. The van der Waals surface area contributed by atoms with Crippen LogP contribution in [0, 0.1) is 0 Å². The third kappa shape index (κ3) is 2.83. The van der Waals surface area contributed by atoms with Crippen LogP contribution in [0.25, 0.3) is 0 Å². The van der Waals surface area contributed by atoms with Gasteiger partial charge in [-0.05, 0) is 34.4 Å². The minimum absolute atomic E-state index is 0.433. The number of benzene rings is 1. The van der Waals surface area contributed by atoms with E-state index in [4.69, 9.17) is 11.6 Å². The van der Waals surface area contributed by atoms with Gasteiger partial charge in [-0.25, -0.2) is 0 Å². The van der Waals surface area contributed by atoms with Crippen molar-refractivity contribution in [2.45, 2.75) is 12.3 Å². The zero-order chi connectivity index (χ0) is 10.5. The molecule has 2 heteroatoms. The average Bonchev–Trinajstić information content (AvgIpc) is 2.80. The van der Waals surface area contributed by atoms with Gasteiger partial charge in [-0.2, -0.15) is 11.3 Å². The molecule has 0 aliphatic heterocycles. The van der Waals surface area contributed by atoms with Crippen molar-refractivity contribution >= 4 is 22.9 Å². The zero-order valence-electron chi connectivity index (χ0n) is 8.40. The third-order valence-corrected chi connectivity index (χ3v) is 3.62. The molecule has 0 aliphatic carbocycles. The summed E-state index contributed by atoms with van der Waals surface area (Å²) in [5.74, 6) is 1.11. The number of rotatable bonds is 4. The van der Waals surface area contributed by atoms with Crippen LogP contribution in [0.3, 0.4) is 0 Å². The van der Waals surface area contributed by atoms with E-state index in [0.717, 1.165) is 6.42 Å². The molecule has 0 nitrogen and oxygen atoms in total. The van der Waals surface area contributed by atoms with Gasteiger partial charge in [0.05, 0.1) is 0 Å². The minimum atomic E-state index is 0.433. The molecule has 0 spiro atoms. The summed E-state index contributed by atoms with van der Waals surface area (Å²) in [6.07, 6.45) is 1.04. The Hall–Kier alpha value is -0.790. The van der Waals surface area contributed by atoms with Gasteiger partial charge in [-0.1, -0.05) is 30.3 Å². The molecule has 2 aromatic rings. The van der Waals surface area contributed by atoms with E-state index in [1.165, 1.54) is 11.1 Å². The van der Waals surface area contributed by atoms with E-state index in [0.29, 0.717) is 11.8 Å². The second-order valence-electron chi connectivity index (χ2n) is 3.60. The largest absolute Gasteiger partial charge is 0.152 e. The number of hydrogen-bond acceptors (Lipinski definition) is 1. The van der Waals surface area contributed by atoms with Crippen molar-refractivity contribution in [1.29, 1.82) is 0 Å². The van der Waals surface area contributed by atoms with Gasteiger partial charge in [0.25, 0.3) is 0 Å². The molecule has 15 heavy (non-hydrogen) atoms. The van der Waals surface area contributed by atoms with Crippen molar-refractivity contribution in [1.82, 2.24) is 0 Å². The van der Waals surface area contributed by atoms with Crippen LogP contribution in [-0.2, 0) is 6.42 Å². The average molecular weight is 237 g/mol. The number of alkyl halides is 1. The predicted molar refractivity (Wildman–Crippen MR) is 67.9 cm³/mol. The van der Waals surface area contributed by atoms with Gasteiger partial charge in [0.15, 0.2) is 0 Å². The maximum atomic E-state index is 6.02. The molecule has 0 saturated carbocycles. The molecular formula is C13H13ClS. The summed E-state index contributed by atoms with van der Waals surface area (Å²) in [4.78, 5) is 0. The lowest BCUT2D eigenvalue weighted by Crippen LogP contribution is -2.03. The highest BCUT2D eigenvalue weighted by Crippen LogP contribution is 2.23. The Morgan fingerprint density at radius 2 is 1.93 bits per heavy atom. The number of halogens is 1. The molecule has 0 amide bonds. The molecular weight excluding hydrogens is 224 g/mol. The highest BCUT2D eigenvalue weighted by Gasteiger charge is 2.10. The van der Waals surface area contributed by atoms with Gasteiger partial charge in [0.2, 0.25) is 0 Å². The zero-order valence-corrected chi connectivity index (χ0v) is 9.97. The summed E-state index contributed by atoms with van der Waals surface area (Å²) in [5.41, 5.74) is 2.72. The standard InChI is InChI=1S/C13H13ClS/c14-9-13(8-11-6-7-15-10-11)12-4-2-1-3-5-12/h1-7,10,13H,8-9H2. The van der Waals surface area contributed by atoms with Crippen LogP contribution in [0.5, 0.6) is 0 Å². The Morgan fingerprint density at radius 1 is 1.13 bits per heavy atom. The van der Waals surface area contributed by atoms with Crippen molar-refractivity contribution in [3.8, 4) is 0 Å². The van der Waals surface area contributed by atoms with Gasteiger partial charge >= 0.3 is 0 Å². The molecule has 1 unspecified atom stereocenters. The third-order valence-electron chi connectivity index (χ3n) is 2.52.